The molecule has 0 aliphatic rings. The highest BCUT2D eigenvalue weighted by Gasteiger charge is 1.82. The Balaban J connectivity index is -0.000000177. The molecule has 17 heavy (non-hydrogen) atoms. The van der Waals surface area contributed by atoms with Gasteiger partial charge in [0.05, 0.1) is 37.9 Å². The predicted molar refractivity (Wildman–Crippen MR) is 68.0 cm³/mol. The highest BCUT2D eigenvalue weighted by atomic mass is 32.1. The van der Waals surface area contributed by atoms with Gasteiger partial charge in [-0.25, -0.2) is 0 Å². The van der Waals surface area contributed by atoms with E-state index in [0.717, 1.165) is 0 Å². The lowest BCUT2D eigenvalue weighted by atomic mass is 10.7. The first-order valence-corrected chi connectivity index (χ1v) is 5.67. The summed E-state index contributed by atoms with van der Waals surface area (Å²) in [6.07, 6.45) is 0. The van der Waals surface area contributed by atoms with E-state index in [1.165, 1.54) is 0 Å². The van der Waals surface area contributed by atoms with Crippen molar-refractivity contribution in [2.75, 3.05) is 37.9 Å². The highest BCUT2D eigenvalue weighted by molar-refractivity contribution is 7.81. The number of hydrogen-bond donors (Lipinski definition) is 6. The van der Waals surface area contributed by atoms with E-state index in [-0.39, 0.29) is 24.7 Å². The van der Waals surface area contributed by atoms with Crippen LogP contribution in [0.4, 0.5) is 0 Å². The molecular formula is C8H18O7S2. The molecule has 0 atom stereocenters. The molecule has 0 aromatic rings. The monoisotopic (exact) mass is 290 g/mol. The van der Waals surface area contributed by atoms with Crippen molar-refractivity contribution >= 4 is 37.2 Å². The van der Waals surface area contributed by atoms with Crippen LogP contribution in [-0.2, 0) is 14.3 Å². The molecule has 0 unspecified atom stereocenters. The second-order valence-corrected chi connectivity index (χ2v) is 2.80. The molecule has 0 aliphatic heterocycles. The summed E-state index contributed by atoms with van der Waals surface area (Å²) in [4.78, 5) is 18.6. The molecular weight excluding hydrogens is 272 g/mol. The zero-order valence-corrected chi connectivity index (χ0v) is 10.9. The van der Waals surface area contributed by atoms with Crippen LogP contribution in [0.25, 0.3) is 0 Å². The van der Waals surface area contributed by atoms with Crippen LogP contribution in [0.15, 0.2) is 0 Å². The molecule has 0 rings (SSSR count). The minimum atomic E-state index is -0.881. The Morgan fingerprint density at radius 1 is 0.882 bits per heavy atom. The van der Waals surface area contributed by atoms with Crippen molar-refractivity contribution in [3.63, 3.8) is 0 Å². The molecule has 104 valence electrons. The lowest BCUT2D eigenvalue weighted by Crippen LogP contribution is -2.03. The molecule has 0 spiro atoms. The number of thiol groups is 2. The van der Waals surface area contributed by atoms with Gasteiger partial charge in [-0.05, 0) is 0 Å². The zero-order chi connectivity index (χ0) is 14.1. The minimum absolute atomic E-state index is 0.0278. The highest BCUT2D eigenvalue weighted by Crippen LogP contribution is 1.68. The normalized spacial score (nSPS) is 8.24. The fourth-order valence-corrected chi connectivity index (χ4v) is 0.231. The third-order valence-corrected chi connectivity index (χ3v) is 1.28. The number of hydrogen-bond acceptors (Lipinski definition) is 7. The molecule has 0 bridgehead atoms. The van der Waals surface area contributed by atoms with Crippen molar-refractivity contribution in [1.82, 2.24) is 0 Å². The SMILES string of the molecule is O=C(O)CS.O=C(O)CS.OCCOCCO. The van der Waals surface area contributed by atoms with Crippen molar-refractivity contribution in [3.8, 4) is 0 Å². The Labute approximate surface area is 110 Å². The van der Waals surface area contributed by atoms with Gasteiger partial charge >= 0.3 is 11.9 Å². The fraction of sp³-hybridized carbons (Fsp3) is 0.750. The number of ether oxygens (including phenoxy) is 1. The standard InChI is InChI=1S/C4H10O3.2C2H4O2S/c5-1-3-7-4-2-6;2*3-2(4)1-5/h5-6H,1-4H2;2*5H,1H2,(H,3,4). The maximum Gasteiger partial charge on any atom is 0.313 e. The van der Waals surface area contributed by atoms with Gasteiger partial charge in [-0.1, -0.05) is 0 Å². The van der Waals surface area contributed by atoms with Crippen LogP contribution >= 0.6 is 25.3 Å². The van der Waals surface area contributed by atoms with Crippen molar-refractivity contribution < 1.29 is 34.8 Å². The van der Waals surface area contributed by atoms with Gasteiger partial charge in [-0.2, -0.15) is 25.3 Å². The molecule has 0 aliphatic carbocycles. The maximum absolute atomic E-state index is 9.29. The first-order chi connectivity index (χ1) is 7.95. The topological polar surface area (TPSA) is 124 Å². The number of carboxylic acids is 2. The van der Waals surface area contributed by atoms with Crippen LogP contribution in [0.2, 0.25) is 0 Å². The van der Waals surface area contributed by atoms with Crippen LogP contribution < -0.4 is 0 Å². The van der Waals surface area contributed by atoms with Crippen LogP contribution in [-0.4, -0.2) is 70.3 Å². The van der Waals surface area contributed by atoms with Gasteiger partial charge < -0.3 is 25.2 Å². The molecule has 0 fully saturated rings. The number of carboxylic acid groups (broad SMARTS) is 2. The van der Waals surface area contributed by atoms with Gasteiger partial charge in [0.2, 0.25) is 0 Å². The second kappa shape index (κ2) is 20.9. The maximum atomic E-state index is 9.29. The molecule has 0 aromatic carbocycles. The average Bonchev–Trinajstić information content (AvgIpc) is 2.31. The largest absolute Gasteiger partial charge is 0.481 e. The molecule has 4 N–H and O–H groups in total. The number of rotatable bonds is 6. The Morgan fingerprint density at radius 2 is 1.12 bits per heavy atom. The summed E-state index contributed by atoms with van der Waals surface area (Å²) >= 11 is 6.83. The van der Waals surface area contributed by atoms with Crippen LogP contribution in [0.1, 0.15) is 0 Å². The van der Waals surface area contributed by atoms with Crippen LogP contribution in [0.3, 0.4) is 0 Å². The quantitative estimate of drug-likeness (QED) is 0.273. The van der Waals surface area contributed by atoms with Crippen molar-refractivity contribution in [3.05, 3.63) is 0 Å². The van der Waals surface area contributed by atoms with E-state index in [1.807, 2.05) is 0 Å². The molecule has 0 heterocycles. The first kappa shape index (κ1) is 21.8. The predicted octanol–water partition coefficient (Wildman–Crippen LogP) is -1.01. The summed E-state index contributed by atoms with van der Waals surface area (Å²) < 4.78 is 4.63. The van der Waals surface area contributed by atoms with Gasteiger partial charge in [-0.15, -0.1) is 0 Å². The molecule has 7 nitrogen and oxygen atoms in total. The van der Waals surface area contributed by atoms with E-state index in [0.29, 0.717) is 13.2 Å². The first-order valence-electron chi connectivity index (χ1n) is 4.40. The lowest BCUT2D eigenvalue weighted by Gasteiger charge is -1.94. The van der Waals surface area contributed by atoms with Gasteiger partial charge in [0.1, 0.15) is 0 Å². The smallest absolute Gasteiger partial charge is 0.313 e. The number of carbonyl (C=O) groups is 2. The third-order valence-electron chi connectivity index (χ3n) is 0.742. The van der Waals surface area contributed by atoms with E-state index in [9.17, 15) is 9.59 Å². The van der Waals surface area contributed by atoms with Gasteiger partial charge in [0.15, 0.2) is 0 Å². The van der Waals surface area contributed by atoms with E-state index in [4.69, 9.17) is 20.4 Å². The summed E-state index contributed by atoms with van der Waals surface area (Å²) in [5.41, 5.74) is 0. The number of aliphatic hydroxyl groups is 2. The summed E-state index contributed by atoms with van der Waals surface area (Å²) in [6, 6.07) is 0. The summed E-state index contributed by atoms with van der Waals surface area (Å²) in [5.74, 6) is -1.93. The second-order valence-electron chi connectivity index (χ2n) is 2.16. The van der Waals surface area contributed by atoms with Gasteiger partial charge in [0, 0.05) is 0 Å². The van der Waals surface area contributed by atoms with Crippen molar-refractivity contribution in [2.24, 2.45) is 0 Å². The van der Waals surface area contributed by atoms with Crippen LogP contribution in [0, 0.1) is 0 Å². The van der Waals surface area contributed by atoms with E-state index in [2.05, 4.69) is 30.0 Å². The summed E-state index contributed by atoms with van der Waals surface area (Å²) in [6.45, 7) is 0.696. The molecule has 0 saturated carbocycles. The summed E-state index contributed by atoms with van der Waals surface area (Å²) in [5, 5.41) is 31.5. The fourth-order valence-electron chi connectivity index (χ4n) is 0.231. The van der Waals surface area contributed by atoms with E-state index >= 15 is 0 Å². The lowest BCUT2D eigenvalue weighted by molar-refractivity contribution is -0.134. The van der Waals surface area contributed by atoms with Crippen molar-refractivity contribution in [1.29, 1.82) is 0 Å². The molecule has 0 aromatic heterocycles. The minimum Gasteiger partial charge on any atom is -0.481 e. The van der Waals surface area contributed by atoms with E-state index in [1.54, 1.807) is 0 Å². The summed E-state index contributed by atoms with van der Waals surface area (Å²) in [7, 11) is 0. The number of aliphatic hydroxyl groups excluding tert-OH is 2. The Bertz CT molecular complexity index is 159. The number of aliphatic carboxylic acids is 2. The van der Waals surface area contributed by atoms with Gasteiger partial charge in [-0.3, -0.25) is 9.59 Å². The average molecular weight is 290 g/mol. The van der Waals surface area contributed by atoms with Crippen molar-refractivity contribution in [2.45, 2.75) is 0 Å². The third kappa shape index (κ3) is 50.2. The Hall–Kier alpha value is -0.480. The van der Waals surface area contributed by atoms with Crippen LogP contribution in [0.5, 0.6) is 0 Å². The zero-order valence-electron chi connectivity index (χ0n) is 9.15. The molecule has 0 saturated heterocycles. The Morgan fingerprint density at radius 3 is 1.24 bits per heavy atom. The van der Waals surface area contributed by atoms with E-state index < -0.39 is 11.9 Å². The Kier molecular flexibility index (Phi) is 26.7. The molecule has 9 heteroatoms. The molecule has 0 radical (unpaired) electrons. The molecule has 0 amide bonds. The van der Waals surface area contributed by atoms with Gasteiger partial charge in [0.25, 0.3) is 0 Å².